The van der Waals surface area contributed by atoms with Crippen molar-refractivity contribution in [3.05, 3.63) is 44.1 Å². The van der Waals surface area contributed by atoms with Gasteiger partial charge in [0.1, 0.15) is 0 Å². The number of aliphatic hydroxyl groups excluding tert-OH is 2. The first kappa shape index (κ1) is 23.1. The molecule has 2 N–H and O–H groups in total. The van der Waals surface area contributed by atoms with Gasteiger partial charge >= 0.3 is 17.1 Å². The van der Waals surface area contributed by atoms with E-state index in [1.807, 2.05) is 13.8 Å². The molecule has 0 amide bonds. The number of nitrogens with zero attached hydrogens (tertiary/aromatic N) is 3. The summed E-state index contributed by atoms with van der Waals surface area (Å²) in [7, 11) is 0. The van der Waals surface area contributed by atoms with Crippen molar-refractivity contribution >= 4 is 0 Å². The molecule has 0 aliphatic carbocycles. The topological polar surface area (TPSA) is 106 Å². The Morgan fingerprint density at radius 2 is 1.44 bits per heavy atom. The Morgan fingerprint density at radius 1 is 0.963 bits per heavy atom. The van der Waals surface area contributed by atoms with Crippen LogP contribution in [0.5, 0.6) is 0 Å². The van der Waals surface area contributed by atoms with Gasteiger partial charge in [0.2, 0.25) is 0 Å². The third-order valence-electron chi connectivity index (χ3n) is 4.67. The molecule has 0 aliphatic heterocycles. The Kier molecular flexibility index (Phi) is 8.43. The SMILES string of the molecule is C=CCn1c(=O)n(CC(O)CC)c(=O)n(CC(O)CC(C)(C)CCC)c1=O. The molecule has 0 aliphatic rings. The fourth-order valence-corrected chi connectivity index (χ4v) is 3.31. The van der Waals surface area contributed by atoms with E-state index >= 15 is 0 Å². The maximum absolute atomic E-state index is 12.7. The van der Waals surface area contributed by atoms with E-state index in [9.17, 15) is 24.6 Å². The van der Waals surface area contributed by atoms with Gasteiger partial charge < -0.3 is 10.2 Å². The Labute approximate surface area is 159 Å². The van der Waals surface area contributed by atoms with Crippen LogP contribution in [0.25, 0.3) is 0 Å². The van der Waals surface area contributed by atoms with Crippen molar-refractivity contribution in [3.8, 4) is 0 Å². The molecule has 1 aromatic rings. The quantitative estimate of drug-likeness (QED) is 0.547. The van der Waals surface area contributed by atoms with Gasteiger partial charge in [0, 0.05) is 0 Å². The minimum Gasteiger partial charge on any atom is -0.391 e. The van der Waals surface area contributed by atoms with Crippen molar-refractivity contribution in [3.63, 3.8) is 0 Å². The summed E-state index contributed by atoms with van der Waals surface area (Å²) >= 11 is 0. The molecule has 0 saturated carbocycles. The summed E-state index contributed by atoms with van der Waals surface area (Å²) in [6.07, 6.45) is 2.25. The number of hydrogen-bond donors (Lipinski definition) is 2. The lowest BCUT2D eigenvalue weighted by Gasteiger charge is -2.27. The predicted molar refractivity (Wildman–Crippen MR) is 105 cm³/mol. The van der Waals surface area contributed by atoms with Crippen LogP contribution in [0.1, 0.15) is 53.4 Å². The highest BCUT2D eigenvalue weighted by molar-refractivity contribution is 4.84. The first-order chi connectivity index (χ1) is 12.6. The van der Waals surface area contributed by atoms with Gasteiger partial charge in [-0.1, -0.05) is 40.2 Å². The van der Waals surface area contributed by atoms with Crippen LogP contribution in [-0.2, 0) is 19.6 Å². The molecular weight excluding hydrogens is 350 g/mol. The van der Waals surface area contributed by atoms with Crippen molar-refractivity contribution in [2.75, 3.05) is 0 Å². The van der Waals surface area contributed by atoms with Crippen molar-refractivity contribution < 1.29 is 10.2 Å². The van der Waals surface area contributed by atoms with Crippen LogP contribution in [0, 0.1) is 5.41 Å². The van der Waals surface area contributed by atoms with E-state index in [0.717, 1.165) is 26.5 Å². The molecule has 8 nitrogen and oxygen atoms in total. The van der Waals surface area contributed by atoms with E-state index in [2.05, 4.69) is 13.5 Å². The molecule has 0 fully saturated rings. The van der Waals surface area contributed by atoms with E-state index in [0.29, 0.717) is 12.8 Å². The summed E-state index contributed by atoms with van der Waals surface area (Å²) in [5.41, 5.74) is -2.51. The molecule has 154 valence electrons. The second-order valence-corrected chi connectivity index (χ2v) is 7.80. The molecule has 0 saturated heterocycles. The maximum Gasteiger partial charge on any atom is 0.336 e. The van der Waals surface area contributed by atoms with E-state index in [1.165, 1.54) is 6.08 Å². The van der Waals surface area contributed by atoms with Crippen molar-refractivity contribution in [2.45, 2.75) is 85.2 Å². The van der Waals surface area contributed by atoms with Crippen molar-refractivity contribution in [1.82, 2.24) is 13.7 Å². The van der Waals surface area contributed by atoms with E-state index in [1.54, 1.807) is 6.92 Å². The number of allylic oxidation sites excluding steroid dienone is 1. The first-order valence-corrected chi connectivity index (χ1v) is 9.49. The van der Waals surface area contributed by atoms with Gasteiger partial charge in [-0.3, -0.25) is 0 Å². The Hall–Kier alpha value is -1.93. The van der Waals surface area contributed by atoms with Gasteiger partial charge in [0.25, 0.3) is 0 Å². The fraction of sp³-hybridized carbons (Fsp3) is 0.737. The van der Waals surface area contributed by atoms with E-state index in [-0.39, 0.29) is 25.0 Å². The summed E-state index contributed by atoms with van der Waals surface area (Å²) in [6.45, 7) is 10.9. The lowest BCUT2D eigenvalue weighted by molar-refractivity contribution is 0.0889. The Balaban J connectivity index is 3.37. The highest BCUT2D eigenvalue weighted by Crippen LogP contribution is 2.28. The van der Waals surface area contributed by atoms with Gasteiger partial charge in [0.15, 0.2) is 0 Å². The molecule has 1 aromatic heterocycles. The minimum absolute atomic E-state index is 0.0579. The average molecular weight is 383 g/mol. The summed E-state index contributed by atoms with van der Waals surface area (Å²) in [4.78, 5) is 37.8. The number of aromatic nitrogens is 3. The van der Waals surface area contributed by atoms with Crippen LogP contribution in [0.15, 0.2) is 27.0 Å². The standard InChI is InChI=1S/C19H33N3O5/c1-6-9-19(4,5)11-15(24)13-22-17(26)20(10-7-2)16(25)21(18(22)27)12-14(23)8-3/h7,14-15,23-24H,2,6,8-13H2,1,3-5H3. The molecule has 1 heterocycles. The zero-order chi connectivity index (χ0) is 20.8. The molecule has 0 bridgehead atoms. The summed E-state index contributed by atoms with van der Waals surface area (Å²) in [5, 5.41) is 20.3. The summed E-state index contributed by atoms with van der Waals surface area (Å²) in [6, 6.07) is 0. The second kappa shape index (κ2) is 9.85. The average Bonchev–Trinajstić information content (AvgIpc) is 2.58. The monoisotopic (exact) mass is 383 g/mol. The fourth-order valence-electron chi connectivity index (χ4n) is 3.31. The molecular formula is C19H33N3O5. The van der Waals surface area contributed by atoms with Crippen LogP contribution in [0.4, 0.5) is 0 Å². The lowest BCUT2D eigenvalue weighted by atomic mass is 9.82. The molecule has 27 heavy (non-hydrogen) atoms. The van der Waals surface area contributed by atoms with Crippen LogP contribution >= 0.6 is 0 Å². The second-order valence-electron chi connectivity index (χ2n) is 7.80. The molecule has 1 rings (SSSR count). The lowest BCUT2D eigenvalue weighted by Crippen LogP contribution is -2.56. The normalized spacial score (nSPS) is 14.1. The Bertz CT molecular complexity index is 803. The van der Waals surface area contributed by atoms with Gasteiger partial charge in [-0.2, -0.15) is 0 Å². The summed E-state index contributed by atoms with van der Waals surface area (Å²) < 4.78 is 2.61. The zero-order valence-corrected chi connectivity index (χ0v) is 16.8. The van der Waals surface area contributed by atoms with Crippen LogP contribution in [0.3, 0.4) is 0 Å². The minimum atomic E-state index is -0.906. The molecule has 0 spiro atoms. The number of aliphatic hydroxyl groups is 2. The predicted octanol–water partition coefficient (Wildman–Crippen LogP) is 0.706. The van der Waals surface area contributed by atoms with Gasteiger partial charge in [-0.05, 0) is 24.7 Å². The molecule has 0 aromatic carbocycles. The number of hydrogen-bond acceptors (Lipinski definition) is 5. The van der Waals surface area contributed by atoms with Gasteiger partial charge in [-0.15, -0.1) is 6.58 Å². The molecule has 2 atom stereocenters. The molecule has 8 heteroatoms. The zero-order valence-electron chi connectivity index (χ0n) is 16.8. The third-order valence-corrected chi connectivity index (χ3v) is 4.67. The van der Waals surface area contributed by atoms with Crippen LogP contribution in [-0.4, -0.2) is 36.1 Å². The van der Waals surface area contributed by atoms with Crippen LogP contribution in [0.2, 0.25) is 0 Å². The molecule has 0 radical (unpaired) electrons. The highest BCUT2D eigenvalue weighted by Gasteiger charge is 2.24. The Morgan fingerprint density at radius 3 is 1.89 bits per heavy atom. The maximum atomic E-state index is 12.7. The van der Waals surface area contributed by atoms with E-state index in [4.69, 9.17) is 0 Å². The highest BCUT2D eigenvalue weighted by atomic mass is 16.3. The van der Waals surface area contributed by atoms with Gasteiger partial charge in [-0.25, -0.2) is 28.1 Å². The molecule has 2 unspecified atom stereocenters. The smallest absolute Gasteiger partial charge is 0.336 e. The summed E-state index contributed by atoms with van der Waals surface area (Å²) in [5.74, 6) is 0. The number of rotatable bonds is 11. The third kappa shape index (κ3) is 6.04. The largest absolute Gasteiger partial charge is 0.391 e. The first-order valence-electron chi connectivity index (χ1n) is 9.49. The van der Waals surface area contributed by atoms with Crippen molar-refractivity contribution in [1.29, 1.82) is 0 Å². The van der Waals surface area contributed by atoms with E-state index < -0.39 is 29.3 Å². The van der Waals surface area contributed by atoms with Crippen LogP contribution < -0.4 is 17.1 Å². The van der Waals surface area contributed by atoms with Gasteiger partial charge in [0.05, 0.1) is 31.8 Å². The van der Waals surface area contributed by atoms with Crippen molar-refractivity contribution in [2.24, 2.45) is 5.41 Å².